The number of hydrogen-bond donors (Lipinski definition) is 2. The van der Waals surface area contributed by atoms with E-state index in [1.54, 1.807) is 0 Å². The molecule has 0 unspecified atom stereocenters. The topological polar surface area (TPSA) is 49.7 Å². The smallest absolute Gasteiger partial charge is 0.127 e. The molecule has 76 valence electrons. The van der Waals surface area contributed by atoms with Crippen LogP contribution in [0.5, 0.6) is 5.75 Å². The van der Waals surface area contributed by atoms with E-state index in [4.69, 9.17) is 14.9 Å². The molecule has 0 radical (unpaired) electrons. The highest BCUT2D eigenvalue weighted by Crippen LogP contribution is 2.30. The molecule has 1 aromatic carbocycles. The number of aliphatic hydroxyl groups excluding tert-OH is 2. The molecular weight excluding hydrogens is 180 g/mol. The van der Waals surface area contributed by atoms with E-state index in [0.717, 1.165) is 17.7 Å². The Balaban J connectivity index is 2.25. The van der Waals surface area contributed by atoms with Crippen LogP contribution in [0.1, 0.15) is 5.56 Å². The van der Waals surface area contributed by atoms with Gasteiger partial charge in [0.25, 0.3) is 0 Å². The summed E-state index contributed by atoms with van der Waals surface area (Å²) in [6, 6.07) is 7.75. The van der Waals surface area contributed by atoms with Crippen LogP contribution in [0.15, 0.2) is 24.3 Å². The summed E-state index contributed by atoms with van der Waals surface area (Å²) in [5.74, 6) is 0.839. The zero-order chi connectivity index (χ0) is 9.97. The van der Waals surface area contributed by atoms with Gasteiger partial charge in [-0.25, -0.2) is 0 Å². The number of para-hydroxylation sites is 1. The van der Waals surface area contributed by atoms with Crippen molar-refractivity contribution >= 4 is 0 Å². The van der Waals surface area contributed by atoms with E-state index in [2.05, 4.69) is 0 Å². The maximum absolute atomic E-state index is 9.13. The summed E-state index contributed by atoms with van der Waals surface area (Å²) in [4.78, 5) is 0. The third-order valence-electron chi connectivity index (χ3n) is 2.67. The van der Waals surface area contributed by atoms with Crippen LogP contribution in [0.2, 0.25) is 0 Å². The Morgan fingerprint density at radius 1 is 1.21 bits per heavy atom. The lowest BCUT2D eigenvalue weighted by Crippen LogP contribution is -2.37. The molecule has 0 bridgehead atoms. The average Bonchev–Trinajstić information content (AvgIpc) is 2.27. The van der Waals surface area contributed by atoms with Crippen LogP contribution >= 0.6 is 0 Å². The van der Waals surface area contributed by atoms with Crippen molar-refractivity contribution in [3.05, 3.63) is 29.8 Å². The van der Waals surface area contributed by atoms with E-state index in [9.17, 15) is 0 Å². The van der Waals surface area contributed by atoms with Gasteiger partial charge in [-0.15, -0.1) is 0 Å². The summed E-state index contributed by atoms with van der Waals surface area (Å²) in [6.07, 6.45) is 0.507. The second-order valence-corrected chi connectivity index (χ2v) is 3.59. The van der Waals surface area contributed by atoms with Crippen molar-refractivity contribution in [1.82, 2.24) is 0 Å². The first-order valence-corrected chi connectivity index (χ1v) is 4.81. The van der Waals surface area contributed by atoms with E-state index < -0.39 is 0 Å². The summed E-state index contributed by atoms with van der Waals surface area (Å²) in [7, 11) is 0. The highest BCUT2D eigenvalue weighted by molar-refractivity contribution is 5.35. The summed E-state index contributed by atoms with van der Waals surface area (Å²) < 4.78 is 5.57. The molecule has 0 aromatic heterocycles. The van der Waals surface area contributed by atoms with Crippen LogP contribution in [0.4, 0.5) is 0 Å². The Morgan fingerprint density at radius 3 is 2.71 bits per heavy atom. The van der Waals surface area contributed by atoms with Crippen molar-refractivity contribution in [2.45, 2.75) is 12.5 Å². The van der Waals surface area contributed by atoms with Crippen molar-refractivity contribution in [2.24, 2.45) is 5.92 Å². The molecule has 3 heteroatoms. The lowest BCUT2D eigenvalue weighted by Gasteiger charge is -2.31. The molecule has 0 saturated heterocycles. The number of fused-ring (bicyclic) bond motifs is 1. The first-order chi connectivity index (χ1) is 6.85. The fourth-order valence-electron chi connectivity index (χ4n) is 1.83. The molecule has 0 spiro atoms. The Kier molecular flexibility index (Phi) is 2.70. The first kappa shape index (κ1) is 9.49. The second kappa shape index (κ2) is 3.98. The summed E-state index contributed by atoms with van der Waals surface area (Å²) in [5, 5.41) is 18.2. The summed E-state index contributed by atoms with van der Waals surface area (Å²) in [5.41, 5.74) is 1.11. The Hall–Kier alpha value is -1.06. The maximum atomic E-state index is 9.13. The van der Waals surface area contributed by atoms with Gasteiger partial charge in [0.15, 0.2) is 0 Å². The fourth-order valence-corrected chi connectivity index (χ4v) is 1.83. The van der Waals surface area contributed by atoms with Gasteiger partial charge in [0.05, 0.1) is 6.61 Å². The standard InChI is InChI=1S/C11H14O3/c12-6-9-5-8-3-1-2-4-10(8)14-11(9)7-13/h1-4,9,11-13H,5-7H2/t9-,11-/m1/s1. The largest absolute Gasteiger partial charge is 0.487 e. The SMILES string of the molecule is OC[C@H]1Cc2ccccc2O[C@@H]1CO. The molecule has 1 aliphatic heterocycles. The van der Waals surface area contributed by atoms with Crippen molar-refractivity contribution in [2.75, 3.05) is 13.2 Å². The number of ether oxygens (including phenoxy) is 1. The van der Waals surface area contributed by atoms with Gasteiger partial charge in [0.2, 0.25) is 0 Å². The third-order valence-corrected chi connectivity index (χ3v) is 2.67. The van der Waals surface area contributed by atoms with E-state index in [-0.39, 0.29) is 25.2 Å². The van der Waals surface area contributed by atoms with E-state index in [1.165, 1.54) is 0 Å². The monoisotopic (exact) mass is 194 g/mol. The lowest BCUT2D eigenvalue weighted by molar-refractivity contribution is 0.0277. The van der Waals surface area contributed by atoms with Crippen LogP contribution in [0.25, 0.3) is 0 Å². The van der Waals surface area contributed by atoms with E-state index in [0.29, 0.717) is 0 Å². The van der Waals surface area contributed by atoms with Gasteiger partial charge in [-0.05, 0) is 18.1 Å². The van der Waals surface area contributed by atoms with Crippen molar-refractivity contribution in [1.29, 1.82) is 0 Å². The molecule has 1 heterocycles. The van der Waals surface area contributed by atoms with Crippen molar-refractivity contribution in [3.63, 3.8) is 0 Å². The molecule has 0 aliphatic carbocycles. The van der Waals surface area contributed by atoms with Crippen molar-refractivity contribution < 1.29 is 14.9 Å². The molecular formula is C11H14O3. The van der Waals surface area contributed by atoms with Crippen molar-refractivity contribution in [3.8, 4) is 5.75 Å². The molecule has 2 N–H and O–H groups in total. The van der Waals surface area contributed by atoms with Crippen LogP contribution < -0.4 is 4.74 Å². The Bertz CT molecular complexity index is 280. The third kappa shape index (κ3) is 1.61. The summed E-state index contributed by atoms with van der Waals surface area (Å²) in [6.45, 7) is 0.0130. The Labute approximate surface area is 83.0 Å². The second-order valence-electron chi connectivity index (χ2n) is 3.59. The molecule has 0 fully saturated rings. The van der Waals surface area contributed by atoms with E-state index >= 15 is 0 Å². The van der Waals surface area contributed by atoms with Gasteiger partial charge in [0.1, 0.15) is 11.9 Å². The number of aliphatic hydroxyl groups is 2. The average molecular weight is 194 g/mol. The Morgan fingerprint density at radius 2 is 2.00 bits per heavy atom. The zero-order valence-electron chi connectivity index (χ0n) is 7.89. The van der Waals surface area contributed by atoms with Crippen LogP contribution in [-0.2, 0) is 6.42 Å². The quantitative estimate of drug-likeness (QED) is 0.724. The highest BCUT2D eigenvalue weighted by atomic mass is 16.5. The minimum absolute atomic E-state index is 0.00917. The highest BCUT2D eigenvalue weighted by Gasteiger charge is 2.28. The molecule has 0 amide bonds. The van der Waals surface area contributed by atoms with Crippen LogP contribution in [0.3, 0.4) is 0 Å². The lowest BCUT2D eigenvalue weighted by atomic mass is 9.92. The van der Waals surface area contributed by atoms with E-state index in [1.807, 2.05) is 24.3 Å². The van der Waals surface area contributed by atoms with Gasteiger partial charge in [0, 0.05) is 12.5 Å². The molecule has 1 aromatic rings. The minimum atomic E-state index is -0.269. The predicted molar refractivity (Wildman–Crippen MR) is 52.2 cm³/mol. The summed E-state index contributed by atoms with van der Waals surface area (Å²) >= 11 is 0. The number of rotatable bonds is 2. The van der Waals surface area contributed by atoms with Gasteiger partial charge in [-0.1, -0.05) is 18.2 Å². The zero-order valence-corrected chi connectivity index (χ0v) is 7.89. The van der Waals surface area contributed by atoms with Crippen LogP contribution in [0, 0.1) is 5.92 Å². The van der Waals surface area contributed by atoms with Gasteiger partial charge in [-0.2, -0.15) is 0 Å². The molecule has 2 atom stereocenters. The number of hydrogen-bond acceptors (Lipinski definition) is 3. The molecule has 3 nitrogen and oxygen atoms in total. The normalized spacial score (nSPS) is 25.3. The van der Waals surface area contributed by atoms with Gasteiger partial charge < -0.3 is 14.9 Å². The van der Waals surface area contributed by atoms with Gasteiger partial charge in [-0.3, -0.25) is 0 Å². The first-order valence-electron chi connectivity index (χ1n) is 4.81. The predicted octanol–water partition coefficient (Wildman–Crippen LogP) is 0.591. The van der Waals surface area contributed by atoms with Crippen LogP contribution in [-0.4, -0.2) is 29.5 Å². The number of benzene rings is 1. The van der Waals surface area contributed by atoms with Gasteiger partial charge >= 0.3 is 0 Å². The molecule has 14 heavy (non-hydrogen) atoms. The fraction of sp³-hybridized carbons (Fsp3) is 0.455. The molecule has 1 aliphatic rings. The maximum Gasteiger partial charge on any atom is 0.127 e. The molecule has 2 rings (SSSR count). The molecule has 0 saturated carbocycles. The minimum Gasteiger partial charge on any atom is -0.487 e.